The second-order valence-electron chi connectivity index (χ2n) is 3.94. The zero-order valence-corrected chi connectivity index (χ0v) is 10.2. The van der Waals surface area contributed by atoms with Gasteiger partial charge in [-0.3, -0.25) is 14.9 Å². The maximum Gasteiger partial charge on any atom is 0.310 e. The average Bonchev–Trinajstić information content (AvgIpc) is 2.84. The van der Waals surface area contributed by atoms with Crippen LogP contribution in [0.25, 0.3) is 0 Å². The first-order valence-corrected chi connectivity index (χ1v) is 5.52. The van der Waals surface area contributed by atoms with Gasteiger partial charge in [0.2, 0.25) is 0 Å². The largest absolute Gasteiger partial charge is 0.479 e. The number of benzene rings is 1. The van der Waals surface area contributed by atoms with E-state index in [0.29, 0.717) is 12.0 Å². The second kappa shape index (κ2) is 5.34. The van der Waals surface area contributed by atoms with Crippen molar-refractivity contribution in [2.45, 2.75) is 13.5 Å². The van der Waals surface area contributed by atoms with Crippen molar-refractivity contribution >= 4 is 12.0 Å². The van der Waals surface area contributed by atoms with Crippen molar-refractivity contribution in [3.8, 4) is 5.75 Å². The predicted octanol–water partition coefficient (Wildman–Crippen LogP) is 2.89. The number of hydrogen-bond donors (Lipinski definition) is 0. The topological polar surface area (TPSA) is 82.6 Å². The van der Waals surface area contributed by atoms with Gasteiger partial charge in [-0.15, -0.1) is 0 Å². The van der Waals surface area contributed by atoms with Gasteiger partial charge in [-0.1, -0.05) is 6.07 Å². The summed E-state index contributed by atoms with van der Waals surface area (Å²) in [6.07, 6.45) is 0.582. The molecule has 2 aromatic rings. The number of rotatable bonds is 5. The van der Waals surface area contributed by atoms with E-state index in [1.807, 2.05) is 6.92 Å². The first kappa shape index (κ1) is 12.8. The number of nitro groups is 1. The highest BCUT2D eigenvalue weighted by molar-refractivity contribution is 5.70. The SMILES string of the molecule is Cc1ccc([N+](=O)[O-])c(OCc2ccc(C=O)o2)c1. The number of carbonyl (C=O) groups excluding carboxylic acids is 1. The molecule has 6 heteroatoms. The monoisotopic (exact) mass is 261 g/mol. The molecule has 0 bridgehead atoms. The zero-order chi connectivity index (χ0) is 13.8. The van der Waals surface area contributed by atoms with E-state index in [2.05, 4.69) is 0 Å². The fourth-order valence-corrected chi connectivity index (χ4v) is 1.57. The van der Waals surface area contributed by atoms with Crippen molar-refractivity contribution < 1.29 is 18.9 Å². The van der Waals surface area contributed by atoms with Gasteiger partial charge in [0.15, 0.2) is 17.8 Å². The maximum atomic E-state index is 10.9. The third-order valence-electron chi connectivity index (χ3n) is 2.48. The van der Waals surface area contributed by atoms with Crippen LogP contribution in [0, 0.1) is 17.0 Å². The summed E-state index contributed by atoms with van der Waals surface area (Å²) >= 11 is 0. The summed E-state index contributed by atoms with van der Waals surface area (Å²) in [6.45, 7) is 1.84. The van der Waals surface area contributed by atoms with Gasteiger partial charge < -0.3 is 9.15 Å². The molecule has 0 amide bonds. The fourth-order valence-electron chi connectivity index (χ4n) is 1.57. The number of aryl methyl sites for hydroxylation is 1. The Hall–Kier alpha value is -2.63. The summed E-state index contributed by atoms with van der Waals surface area (Å²) in [5, 5.41) is 10.9. The Morgan fingerprint density at radius 2 is 2.16 bits per heavy atom. The highest BCUT2D eigenvalue weighted by atomic mass is 16.6. The number of hydrogen-bond acceptors (Lipinski definition) is 5. The van der Waals surface area contributed by atoms with Crippen molar-refractivity contribution in [1.82, 2.24) is 0 Å². The minimum Gasteiger partial charge on any atom is -0.479 e. The molecule has 0 aliphatic heterocycles. The molecule has 0 N–H and O–H groups in total. The van der Waals surface area contributed by atoms with E-state index in [-0.39, 0.29) is 23.8 Å². The molecule has 0 atom stereocenters. The number of aldehydes is 1. The molecule has 1 aromatic heterocycles. The van der Waals surface area contributed by atoms with Crippen LogP contribution in [0.1, 0.15) is 21.9 Å². The lowest BCUT2D eigenvalue weighted by molar-refractivity contribution is -0.386. The molecule has 0 unspecified atom stereocenters. The summed E-state index contributed by atoms with van der Waals surface area (Å²) < 4.78 is 10.5. The van der Waals surface area contributed by atoms with Gasteiger partial charge in [-0.2, -0.15) is 0 Å². The summed E-state index contributed by atoms with van der Waals surface area (Å²) in [5.41, 5.74) is 0.751. The van der Waals surface area contributed by atoms with E-state index >= 15 is 0 Å². The highest BCUT2D eigenvalue weighted by Crippen LogP contribution is 2.28. The van der Waals surface area contributed by atoms with E-state index < -0.39 is 4.92 Å². The van der Waals surface area contributed by atoms with E-state index in [0.717, 1.165) is 5.56 Å². The fraction of sp³-hybridized carbons (Fsp3) is 0.154. The van der Waals surface area contributed by atoms with Crippen molar-refractivity contribution in [2.75, 3.05) is 0 Å². The van der Waals surface area contributed by atoms with Gasteiger partial charge in [-0.05, 0) is 30.7 Å². The minimum atomic E-state index is -0.506. The van der Waals surface area contributed by atoms with Gasteiger partial charge in [0.1, 0.15) is 12.4 Å². The third kappa shape index (κ3) is 2.98. The van der Waals surface area contributed by atoms with Gasteiger partial charge >= 0.3 is 5.69 Å². The first-order chi connectivity index (χ1) is 9.10. The minimum absolute atomic E-state index is 0.0259. The van der Waals surface area contributed by atoms with Crippen molar-refractivity contribution in [2.24, 2.45) is 0 Å². The molecule has 19 heavy (non-hydrogen) atoms. The van der Waals surface area contributed by atoms with Crippen LogP contribution in [-0.4, -0.2) is 11.2 Å². The Kier molecular flexibility index (Phi) is 3.61. The molecule has 2 rings (SSSR count). The molecule has 0 spiro atoms. The second-order valence-corrected chi connectivity index (χ2v) is 3.94. The molecule has 0 aliphatic rings. The van der Waals surface area contributed by atoms with Crippen LogP contribution in [0.3, 0.4) is 0 Å². The third-order valence-corrected chi connectivity index (χ3v) is 2.48. The van der Waals surface area contributed by atoms with E-state index in [1.165, 1.54) is 12.1 Å². The quantitative estimate of drug-likeness (QED) is 0.469. The Balaban J connectivity index is 2.16. The van der Waals surface area contributed by atoms with Crippen LogP contribution in [0.4, 0.5) is 5.69 Å². The molecule has 1 aromatic carbocycles. The molecule has 98 valence electrons. The normalized spacial score (nSPS) is 10.2. The molecular weight excluding hydrogens is 250 g/mol. The van der Waals surface area contributed by atoms with Crippen molar-refractivity contribution in [1.29, 1.82) is 0 Å². The summed E-state index contributed by atoms with van der Waals surface area (Å²) in [4.78, 5) is 20.8. The molecule has 0 fully saturated rings. The predicted molar refractivity (Wildman–Crippen MR) is 66.3 cm³/mol. The number of furan rings is 1. The van der Waals surface area contributed by atoms with Crippen LogP contribution in [0.5, 0.6) is 5.75 Å². The standard InChI is InChI=1S/C13H11NO5/c1-9-2-5-12(14(16)17)13(6-9)18-8-11-4-3-10(7-15)19-11/h2-7H,8H2,1H3. The Bertz CT molecular complexity index is 617. The summed E-state index contributed by atoms with van der Waals surface area (Å²) in [5.74, 6) is 0.796. The maximum absolute atomic E-state index is 10.9. The smallest absolute Gasteiger partial charge is 0.310 e. The van der Waals surface area contributed by atoms with E-state index in [9.17, 15) is 14.9 Å². The van der Waals surface area contributed by atoms with E-state index in [4.69, 9.17) is 9.15 Å². The molecule has 0 saturated carbocycles. The van der Waals surface area contributed by atoms with Crippen LogP contribution < -0.4 is 4.74 Å². The molecule has 0 aliphatic carbocycles. The van der Waals surface area contributed by atoms with Gasteiger partial charge in [-0.25, -0.2) is 0 Å². The lowest BCUT2D eigenvalue weighted by Gasteiger charge is -2.05. The molecule has 0 radical (unpaired) electrons. The lowest BCUT2D eigenvalue weighted by Crippen LogP contribution is -1.98. The number of nitro benzene ring substituents is 1. The van der Waals surface area contributed by atoms with Gasteiger partial charge in [0, 0.05) is 6.07 Å². The van der Waals surface area contributed by atoms with E-state index in [1.54, 1.807) is 18.2 Å². The summed E-state index contributed by atoms with van der Waals surface area (Å²) in [6, 6.07) is 7.72. The highest BCUT2D eigenvalue weighted by Gasteiger charge is 2.15. The van der Waals surface area contributed by atoms with Crippen LogP contribution in [-0.2, 0) is 6.61 Å². The molecular formula is C13H11NO5. The zero-order valence-electron chi connectivity index (χ0n) is 10.2. The van der Waals surface area contributed by atoms with Crippen molar-refractivity contribution in [3.05, 3.63) is 57.5 Å². The Labute approximate surface area is 108 Å². The Morgan fingerprint density at radius 1 is 1.37 bits per heavy atom. The number of nitrogens with zero attached hydrogens (tertiary/aromatic N) is 1. The lowest BCUT2D eigenvalue weighted by atomic mass is 10.2. The van der Waals surface area contributed by atoms with Crippen LogP contribution in [0.2, 0.25) is 0 Å². The van der Waals surface area contributed by atoms with Gasteiger partial charge in [0.05, 0.1) is 4.92 Å². The van der Waals surface area contributed by atoms with Gasteiger partial charge in [0.25, 0.3) is 0 Å². The first-order valence-electron chi connectivity index (χ1n) is 5.52. The molecule has 1 heterocycles. The van der Waals surface area contributed by atoms with Crippen molar-refractivity contribution in [3.63, 3.8) is 0 Å². The summed E-state index contributed by atoms with van der Waals surface area (Å²) in [7, 11) is 0. The molecule has 6 nitrogen and oxygen atoms in total. The number of ether oxygens (including phenoxy) is 1. The molecule has 0 saturated heterocycles. The van der Waals surface area contributed by atoms with Crippen LogP contribution in [0.15, 0.2) is 34.7 Å². The average molecular weight is 261 g/mol. The van der Waals surface area contributed by atoms with Crippen LogP contribution >= 0.6 is 0 Å². The number of carbonyl (C=O) groups is 1. The Morgan fingerprint density at radius 3 is 2.79 bits per heavy atom.